The van der Waals surface area contributed by atoms with Crippen LogP contribution in [0.4, 0.5) is 5.69 Å². The number of aromatic nitrogens is 2. The van der Waals surface area contributed by atoms with E-state index < -0.39 is 16.4 Å². The van der Waals surface area contributed by atoms with Gasteiger partial charge in [0.2, 0.25) is 0 Å². The summed E-state index contributed by atoms with van der Waals surface area (Å²) in [7, 11) is -3.23. The van der Waals surface area contributed by atoms with Crippen LogP contribution >= 0.6 is 11.6 Å². The van der Waals surface area contributed by atoms with Gasteiger partial charge in [0.25, 0.3) is 0 Å². The largest absolute Gasteiger partial charge is 0.470 e. The van der Waals surface area contributed by atoms with E-state index >= 15 is 0 Å². The van der Waals surface area contributed by atoms with E-state index in [1.165, 1.54) is 5.69 Å². The number of hydrogen-bond donors (Lipinski definition) is 0. The lowest BCUT2D eigenvalue weighted by molar-refractivity contribution is 0.00859. The lowest BCUT2D eigenvalue weighted by atomic mass is 10.1. The summed E-state index contributed by atoms with van der Waals surface area (Å²) in [4.78, 5) is 7.40. The molecule has 9 nitrogen and oxygen atoms in total. The van der Waals surface area contributed by atoms with E-state index in [0.717, 1.165) is 54.6 Å². The van der Waals surface area contributed by atoms with Gasteiger partial charge >= 0.3 is 0 Å². The van der Waals surface area contributed by atoms with E-state index in [1.807, 2.05) is 16.7 Å². The van der Waals surface area contributed by atoms with Crippen LogP contribution in [0.2, 0.25) is 48.8 Å². The van der Waals surface area contributed by atoms with Crippen molar-refractivity contribution >= 4 is 44.7 Å². The summed E-state index contributed by atoms with van der Waals surface area (Å²) in [5.74, 6) is 0.669. The Hall–Kier alpha value is -1.97. The minimum absolute atomic E-state index is 0.0945. The molecule has 0 amide bonds. The number of fused-ring (bicyclic) bond motifs is 2. The van der Waals surface area contributed by atoms with Crippen LogP contribution in [0.25, 0.3) is 22.3 Å². The number of halogens is 1. The molecule has 0 aliphatic carbocycles. The van der Waals surface area contributed by atoms with Gasteiger partial charge in [-0.15, -0.1) is 0 Å². The van der Waals surface area contributed by atoms with Crippen molar-refractivity contribution in [1.82, 2.24) is 9.55 Å². The van der Waals surface area contributed by atoms with E-state index in [0.29, 0.717) is 37.5 Å². The first-order valence-electron chi connectivity index (χ1n) is 17.0. The van der Waals surface area contributed by atoms with E-state index in [-0.39, 0.29) is 29.5 Å². The first-order valence-corrected chi connectivity index (χ1v) is 24.0. The maximum Gasteiger partial charge on any atom is 0.198 e. The molecule has 5 heterocycles. The Morgan fingerprint density at radius 2 is 1.60 bits per heavy atom. The number of morpholine rings is 1. The van der Waals surface area contributed by atoms with Crippen LogP contribution in [-0.2, 0) is 30.1 Å². The summed E-state index contributed by atoms with van der Waals surface area (Å²) in [6, 6.07) is 13.5. The molecule has 0 bridgehead atoms. The molecule has 3 aliphatic heterocycles. The second kappa shape index (κ2) is 13.7. The molecule has 258 valence electrons. The van der Waals surface area contributed by atoms with Gasteiger partial charge in [0.1, 0.15) is 18.9 Å². The molecule has 0 N–H and O–H groups in total. The zero-order valence-corrected chi connectivity index (χ0v) is 32.1. The van der Waals surface area contributed by atoms with Crippen molar-refractivity contribution in [3.63, 3.8) is 0 Å². The fourth-order valence-corrected chi connectivity index (χ4v) is 8.41. The maximum absolute atomic E-state index is 6.94. The topological polar surface area (TPSA) is 76.4 Å². The molecule has 4 atom stereocenters. The van der Waals surface area contributed by atoms with Crippen molar-refractivity contribution in [3.05, 3.63) is 41.4 Å². The van der Waals surface area contributed by atoms with Gasteiger partial charge in [0.15, 0.2) is 20.3 Å². The summed E-state index contributed by atoms with van der Waals surface area (Å²) in [6.45, 7) is 23.6. The number of nitrogens with zero attached hydrogens (tertiary/aromatic N) is 3. The molecule has 12 heteroatoms. The zero-order chi connectivity index (χ0) is 33.6. The minimum atomic E-state index is -1.99. The summed E-state index contributed by atoms with van der Waals surface area (Å²) >= 11 is 6.94. The Morgan fingerprint density at radius 1 is 0.936 bits per heavy atom. The van der Waals surface area contributed by atoms with Crippen molar-refractivity contribution in [3.8, 4) is 17.1 Å². The third kappa shape index (κ3) is 7.77. The molecule has 47 heavy (non-hydrogen) atoms. The highest BCUT2D eigenvalue weighted by atomic mass is 35.5. The van der Waals surface area contributed by atoms with Crippen molar-refractivity contribution < 1.29 is 28.1 Å². The third-order valence-electron chi connectivity index (χ3n) is 10.0. The van der Waals surface area contributed by atoms with Gasteiger partial charge in [-0.1, -0.05) is 64.1 Å². The smallest absolute Gasteiger partial charge is 0.198 e. The number of rotatable bonds is 11. The maximum atomic E-state index is 6.94. The Morgan fingerprint density at radius 3 is 2.26 bits per heavy atom. The van der Waals surface area contributed by atoms with Crippen molar-refractivity contribution in [2.24, 2.45) is 0 Å². The predicted molar refractivity (Wildman–Crippen MR) is 193 cm³/mol. The normalized spacial score (nSPS) is 23.9. The summed E-state index contributed by atoms with van der Waals surface area (Å²) < 4.78 is 39.8. The standard InChI is InChI=1S/C35H52ClN3O6Si2/c1-35(2,3)47(7,8)45-30-22-43-33-29(21-42-34(30)33)44-31-20-27-28(39(31)23-41-17-18-46(4,5)6)19-26(36)32(37-27)24-9-11-25(12-10-24)38-13-15-40-16-14-38/h9-12,19-20,29-30,33-34H,13-18,21-23H2,1-8H3/t29-,30-,33-,34-/m1/s1. The SMILES string of the molecule is CC(C)(C)[Si](C)(C)O[C@@H]1CO[C@H]2[C@@H]1OC[C@H]2Oc1cc2nc(-c3ccc(N4CCOCC4)cc3)c(Cl)cc2n1COCC[Si](C)(C)C. The van der Waals surface area contributed by atoms with Crippen molar-refractivity contribution in [2.45, 2.75) is 95.7 Å². The second-order valence-electron chi connectivity index (χ2n) is 15.8. The summed E-state index contributed by atoms with van der Waals surface area (Å²) in [5, 5.41) is 0.687. The van der Waals surface area contributed by atoms with Crippen LogP contribution in [0, 0.1) is 0 Å². The Labute approximate surface area is 286 Å². The van der Waals surface area contributed by atoms with E-state index in [9.17, 15) is 0 Å². The Balaban J connectivity index is 1.24. The highest BCUT2D eigenvalue weighted by molar-refractivity contribution is 6.76. The Kier molecular flexibility index (Phi) is 10.2. The first kappa shape index (κ1) is 34.9. The van der Waals surface area contributed by atoms with Crippen LogP contribution in [0.3, 0.4) is 0 Å². The first-order chi connectivity index (χ1) is 22.2. The molecule has 6 rings (SSSR count). The van der Waals surface area contributed by atoms with Crippen LogP contribution in [0.15, 0.2) is 36.4 Å². The lowest BCUT2D eigenvalue weighted by Crippen LogP contribution is -2.47. The third-order valence-corrected chi connectivity index (χ3v) is 16.5. The minimum Gasteiger partial charge on any atom is -0.470 e. The van der Waals surface area contributed by atoms with Gasteiger partial charge in [0.05, 0.1) is 54.3 Å². The molecular weight excluding hydrogens is 650 g/mol. The van der Waals surface area contributed by atoms with Crippen molar-refractivity contribution in [1.29, 1.82) is 0 Å². The molecule has 3 aromatic rings. The molecule has 2 aromatic heterocycles. The molecule has 3 saturated heterocycles. The van der Waals surface area contributed by atoms with Gasteiger partial charge in [-0.2, -0.15) is 0 Å². The van der Waals surface area contributed by atoms with Gasteiger partial charge in [-0.3, -0.25) is 4.57 Å². The number of hydrogen-bond acceptors (Lipinski definition) is 8. The van der Waals surface area contributed by atoms with Gasteiger partial charge in [-0.05, 0) is 42.4 Å². The van der Waals surface area contributed by atoms with E-state index in [1.54, 1.807) is 0 Å². The van der Waals surface area contributed by atoms with Crippen LogP contribution in [0.5, 0.6) is 5.88 Å². The average Bonchev–Trinajstić information content (AvgIpc) is 3.69. The molecular formula is C35H52ClN3O6Si2. The molecule has 0 unspecified atom stereocenters. The van der Waals surface area contributed by atoms with Crippen molar-refractivity contribution in [2.75, 3.05) is 51.0 Å². The number of anilines is 1. The number of benzene rings is 1. The summed E-state index contributed by atoms with van der Waals surface area (Å²) in [5.41, 5.74) is 4.55. The molecule has 1 aromatic carbocycles. The number of ether oxygens (including phenoxy) is 5. The molecule has 0 saturated carbocycles. The van der Waals surface area contributed by atoms with E-state index in [4.69, 9.17) is 44.7 Å². The molecule has 0 radical (unpaired) electrons. The Bertz CT molecular complexity index is 1530. The van der Waals surface area contributed by atoms with Crippen LogP contribution in [0.1, 0.15) is 20.8 Å². The van der Waals surface area contributed by atoms with Crippen LogP contribution in [-0.4, -0.2) is 96.5 Å². The highest BCUT2D eigenvalue weighted by Crippen LogP contribution is 2.41. The molecule has 0 spiro atoms. The zero-order valence-electron chi connectivity index (χ0n) is 29.3. The summed E-state index contributed by atoms with van der Waals surface area (Å²) in [6.07, 6.45) is -0.732. The fourth-order valence-electron chi connectivity index (χ4n) is 6.09. The van der Waals surface area contributed by atoms with Gasteiger partial charge < -0.3 is 33.0 Å². The second-order valence-corrected chi connectivity index (χ2v) is 26.6. The highest BCUT2D eigenvalue weighted by Gasteiger charge is 2.52. The molecule has 3 fully saturated rings. The fraction of sp³-hybridized carbons (Fsp3) is 0.629. The van der Waals surface area contributed by atoms with Gasteiger partial charge in [0, 0.05) is 45.1 Å². The van der Waals surface area contributed by atoms with E-state index in [2.05, 4.69) is 82.7 Å². The lowest BCUT2D eigenvalue weighted by Gasteiger charge is -2.39. The predicted octanol–water partition coefficient (Wildman–Crippen LogP) is 7.44. The van der Waals surface area contributed by atoms with Gasteiger partial charge in [-0.25, -0.2) is 4.98 Å². The van der Waals surface area contributed by atoms with Crippen LogP contribution < -0.4 is 9.64 Å². The number of pyridine rings is 1. The quantitative estimate of drug-likeness (QED) is 0.151. The average molecular weight is 702 g/mol. The monoisotopic (exact) mass is 701 g/mol. The molecule has 3 aliphatic rings.